The number of hydrogen-bond acceptors (Lipinski definition) is 2. The molecule has 4 nitrogen and oxygen atoms in total. The average molecular weight is 429 g/mol. The molecule has 0 fully saturated rings. The first-order valence-corrected chi connectivity index (χ1v) is 9.60. The topological polar surface area (TPSA) is 49.4 Å². The number of hydrogen-bond donors (Lipinski definition) is 1. The first-order chi connectivity index (χ1) is 13.9. The molecule has 2 amide bonds. The summed E-state index contributed by atoms with van der Waals surface area (Å²) in [5.41, 5.74) is 1.90. The monoisotopic (exact) mass is 428 g/mol. The van der Waals surface area contributed by atoms with E-state index in [1.807, 2.05) is 30.3 Å². The summed E-state index contributed by atoms with van der Waals surface area (Å²) in [4.78, 5) is 27.4. The van der Waals surface area contributed by atoms with Crippen molar-refractivity contribution in [2.75, 3.05) is 11.9 Å². The molecule has 1 aliphatic rings. The Balaban J connectivity index is 1.90. The Morgan fingerprint density at radius 3 is 2.52 bits per heavy atom. The number of rotatable bonds is 2. The molecule has 0 unspecified atom stereocenters. The highest BCUT2D eigenvalue weighted by molar-refractivity contribution is 6.36. The van der Waals surface area contributed by atoms with Crippen LogP contribution in [0.5, 0.6) is 0 Å². The van der Waals surface area contributed by atoms with Gasteiger partial charge in [-0.15, -0.1) is 0 Å². The Hall–Kier alpha value is -2.89. The number of carbonyl (C=O) groups is 2. The van der Waals surface area contributed by atoms with E-state index in [-0.39, 0.29) is 23.0 Å². The fourth-order valence-corrected chi connectivity index (χ4v) is 3.97. The predicted molar refractivity (Wildman–Crippen MR) is 111 cm³/mol. The number of fused-ring (bicyclic) bond motifs is 1. The van der Waals surface area contributed by atoms with Crippen molar-refractivity contribution in [3.05, 3.63) is 99.3 Å². The van der Waals surface area contributed by atoms with Crippen LogP contribution in [0.4, 0.5) is 10.1 Å². The number of anilines is 1. The lowest BCUT2D eigenvalue weighted by Gasteiger charge is -2.31. The quantitative estimate of drug-likeness (QED) is 0.600. The van der Waals surface area contributed by atoms with Crippen LogP contribution in [-0.2, 0) is 4.79 Å². The second-order valence-corrected chi connectivity index (χ2v) is 7.49. The summed E-state index contributed by atoms with van der Waals surface area (Å²) in [6, 6.07) is 17.1. The molecule has 7 heteroatoms. The fourth-order valence-electron chi connectivity index (χ4n) is 3.48. The Bertz CT molecular complexity index is 1110. The van der Waals surface area contributed by atoms with Crippen molar-refractivity contribution in [1.82, 2.24) is 4.90 Å². The molecule has 3 aromatic carbocycles. The average Bonchev–Trinajstić information content (AvgIpc) is 2.84. The van der Waals surface area contributed by atoms with Gasteiger partial charge in [0.2, 0.25) is 5.91 Å². The van der Waals surface area contributed by atoms with Crippen molar-refractivity contribution < 1.29 is 14.0 Å². The van der Waals surface area contributed by atoms with E-state index in [0.29, 0.717) is 16.3 Å². The van der Waals surface area contributed by atoms with E-state index in [1.165, 1.54) is 35.2 Å². The van der Waals surface area contributed by atoms with Gasteiger partial charge in [0.05, 0.1) is 16.6 Å². The minimum atomic E-state index is -0.680. The van der Waals surface area contributed by atoms with Crippen LogP contribution < -0.4 is 5.32 Å². The fraction of sp³-hybridized carbons (Fsp3) is 0.0909. The van der Waals surface area contributed by atoms with E-state index >= 15 is 0 Å². The molecule has 3 aromatic rings. The molecule has 1 N–H and O–H groups in total. The molecule has 0 spiro atoms. The van der Waals surface area contributed by atoms with Crippen LogP contribution >= 0.6 is 23.2 Å². The van der Waals surface area contributed by atoms with E-state index in [9.17, 15) is 14.0 Å². The maximum Gasteiger partial charge on any atom is 0.256 e. The lowest BCUT2D eigenvalue weighted by atomic mass is 9.95. The van der Waals surface area contributed by atoms with Crippen molar-refractivity contribution in [2.24, 2.45) is 0 Å². The van der Waals surface area contributed by atoms with Crippen molar-refractivity contribution in [1.29, 1.82) is 0 Å². The van der Waals surface area contributed by atoms with E-state index < -0.39 is 17.8 Å². The van der Waals surface area contributed by atoms with Crippen molar-refractivity contribution in [3.8, 4) is 0 Å². The molecule has 0 aromatic heterocycles. The van der Waals surface area contributed by atoms with Crippen LogP contribution in [0.2, 0.25) is 10.0 Å². The van der Waals surface area contributed by atoms with Gasteiger partial charge in [-0.1, -0.05) is 53.5 Å². The summed E-state index contributed by atoms with van der Waals surface area (Å²) in [6.07, 6.45) is 0. The van der Waals surface area contributed by atoms with Crippen LogP contribution in [0.15, 0.2) is 66.7 Å². The number of nitrogens with zero attached hydrogens (tertiary/aromatic N) is 1. The SMILES string of the molecule is O=C1CN(C(=O)c2ccc(Cl)cc2Cl)[C@@H](c2ccccc2)c2cc(F)ccc2N1. The van der Waals surface area contributed by atoms with E-state index in [2.05, 4.69) is 5.32 Å². The van der Waals surface area contributed by atoms with Crippen LogP contribution in [0.25, 0.3) is 0 Å². The molecule has 0 saturated heterocycles. The first-order valence-electron chi connectivity index (χ1n) is 8.84. The van der Waals surface area contributed by atoms with Crippen molar-refractivity contribution in [3.63, 3.8) is 0 Å². The molecule has 0 radical (unpaired) electrons. The van der Waals surface area contributed by atoms with Crippen molar-refractivity contribution in [2.45, 2.75) is 6.04 Å². The molecule has 1 heterocycles. The van der Waals surface area contributed by atoms with Gasteiger partial charge in [-0.3, -0.25) is 9.59 Å². The Kier molecular flexibility index (Phi) is 5.26. The van der Waals surface area contributed by atoms with Gasteiger partial charge in [0, 0.05) is 16.3 Å². The summed E-state index contributed by atoms with van der Waals surface area (Å²) in [5, 5.41) is 3.33. The zero-order chi connectivity index (χ0) is 20.5. The van der Waals surface area contributed by atoms with Gasteiger partial charge in [-0.25, -0.2) is 4.39 Å². The Labute approximate surface area is 176 Å². The Morgan fingerprint density at radius 2 is 1.79 bits per heavy atom. The highest BCUT2D eigenvalue weighted by atomic mass is 35.5. The molecular formula is C22H15Cl2FN2O2. The maximum atomic E-state index is 14.1. The minimum absolute atomic E-state index is 0.179. The summed E-state index contributed by atoms with van der Waals surface area (Å²) in [6.45, 7) is -0.215. The van der Waals surface area contributed by atoms with Gasteiger partial charge in [-0.05, 0) is 42.0 Å². The second kappa shape index (κ2) is 7.85. The summed E-state index contributed by atoms with van der Waals surface area (Å²) < 4.78 is 14.1. The van der Waals surface area contributed by atoms with E-state index in [4.69, 9.17) is 23.2 Å². The molecule has 4 rings (SSSR count). The normalized spacial score (nSPS) is 16.0. The molecular weight excluding hydrogens is 414 g/mol. The number of nitrogens with one attached hydrogen (secondary N) is 1. The highest BCUT2D eigenvalue weighted by Crippen LogP contribution is 2.37. The number of amides is 2. The lowest BCUT2D eigenvalue weighted by Crippen LogP contribution is -2.39. The van der Waals surface area contributed by atoms with Gasteiger partial charge in [0.25, 0.3) is 5.91 Å². The van der Waals surface area contributed by atoms with Gasteiger partial charge in [0.15, 0.2) is 0 Å². The third kappa shape index (κ3) is 3.84. The zero-order valence-corrected chi connectivity index (χ0v) is 16.5. The molecule has 0 bridgehead atoms. The molecule has 1 aliphatic heterocycles. The van der Waals surface area contributed by atoms with Crippen LogP contribution in [0.3, 0.4) is 0 Å². The maximum absolute atomic E-state index is 14.1. The van der Waals surface area contributed by atoms with Crippen LogP contribution in [0.1, 0.15) is 27.5 Å². The first kappa shape index (κ1) is 19.4. The molecule has 146 valence electrons. The molecule has 29 heavy (non-hydrogen) atoms. The van der Waals surface area contributed by atoms with Crippen molar-refractivity contribution >= 4 is 40.7 Å². The number of benzene rings is 3. The van der Waals surface area contributed by atoms with E-state index in [1.54, 1.807) is 6.07 Å². The van der Waals surface area contributed by atoms with Crippen LogP contribution in [0, 0.1) is 5.82 Å². The third-order valence-electron chi connectivity index (χ3n) is 4.75. The van der Waals surface area contributed by atoms with Gasteiger partial charge in [0.1, 0.15) is 12.4 Å². The number of halogens is 3. The van der Waals surface area contributed by atoms with Gasteiger partial charge in [-0.2, -0.15) is 0 Å². The van der Waals surface area contributed by atoms with Gasteiger partial charge >= 0.3 is 0 Å². The lowest BCUT2D eigenvalue weighted by molar-refractivity contribution is -0.117. The highest BCUT2D eigenvalue weighted by Gasteiger charge is 2.34. The predicted octanol–water partition coefficient (Wildman–Crippen LogP) is 5.32. The van der Waals surface area contributed by atoms with E-state index in [0.717, 1.165) is 5.56 Å². The van der Waals surface area contributed by atoms with Crippen LogP contribution in [-0.4, -0.2) is 23.3 Å². The molecule has 0 aliphatic carbocycles. The molecule has 0 saturated carbocycles. The second-order valence-electron chi connectivity index (χ2n) is 6.65. The summed E-state index contributed by atoms with van der Waals surface area (Å²) in [7, 11) is 0. The Morgan fingerprint density at radius 1 is 1.03 bits per heavy atom. The molecule has 1 atom stereocenters. The largest absolute Gasteiger partial charge is 0.324 e. The summed E-state index contributed by atoms with van der Waals surface area (Å²) >= 11 is 12.2. The third-order valence-corrected chi connectivity index (χ3v) is 5.29. The smallest absolute Gasteiger partial charge is 0.256 e. The standard InChI is InChI=1S/C22H15Cl2FN2O2/c23-14-6-8-16(18(24)10-14)22(29)27-12-20(28)26-19-9-7-15(25)11-17(19)21(27)13-4-2-1-3-5-13/h1-11,21H,12H2,(H,26,28)/t21-/m0/s1. The zero-order valence-electron chi connectivity index (χ0n) is 15.0. The minimum Gasteiger partial charge on any atom is -0.324 e. The summed E-state index contributed by atoms with van der Waals surface area (Å²) in [5.74, 6) is -1.29. The van der Waals surface area contributed by atoms with Gasteiger partial charge < -0.3 is 10.2 Å². The number of carbonyl (C=O) groups excluding carboxylic acids is 2.